The van der Waals surface area contributed by atoms with E-state index in [1.807, 2.05) is 6.92 Å². The predicted molar refractivity (Wildman–Crippen MR) is 83.9 cm³/mol. The normalized spacial score (nSPS) is 11.0. The minimum Gasteiger partial charge on any atom is -0.449 e. The van der Waals surface area contributed by atoms with E-state index in [0.717, 1.165) is 11.3 Å². The minimum atomic E-state index is 0.574. The van der Waals surface area contributed by atoms with Crippen molar-refractivity contribution in [1.29, 1.82) is 0 Å². The van der Waals surface area contributed by atoms with Crippen molar-refractivity contribution in [3.8, 4) is 11.3 Å². The van der Waals surface area contributed by atoms with Crippen LogP contribution in [-0.4, -0.2) is 11.0 Å². The summed E-state index contributed by atoms with van der Waals surface area (Å²) >= 11 is 0. The molecule has 1 heterocycles. The maximum absolute atomic E-state index is 5.25. The molecule has 0 saturated heterocycles. The summed E-state index contributed by atoms with van der Waals surface area (Å²) in [5.74, 6) is 0.702. The van der Waals surface area contributed by atoms with Gasteiger partial charge in [0, 0.05) is 24.2 Å². The average molecular weight is 272 g/mol. The maximum Gasteiger partial charge on any atom is 0.191 e. The largest absolute Gasteiger partial charge is 0.449 e. The van der Waals surface area contributed by atoms with E-state index in [0.29, 0.717) is 11.9 Å². The van der Waals surface area contributed by atoms with Crippen molar-refractivity contribution in [3.63, 3.8) is 0 Å². The van der Waals surface area contributed by atoms with Gasteiger partial charge in [-0.15, -0.1) is 0 Å². The summed E-state index contributed by atoms with van der Waals surface area (Å²) in [5.41, 5.74) is 3.17. The molecule has 0 atom stereocenters. The molecule has 0 spiro atoms. The third-order valence-corrected chi connectivity index (χ3v) is 3.44. The molecule has 0 saturated carbocycles. The molecule has 0 aliphatic carbocycles. The lowest BCUT2D eigenvalue weighted by Crippen LogP contribution is -2.18. The highest BCUT2D eigenvalue weighted by atomic mass is 16.3. The Labute approximate surface area is 121 Å². The highest BCUT2D eigenvalue weighted by Gasteiger charge is 2.07. The van der Waals surface area contributed by atoms with E-state index in [1.54, 1.807) is 6.26 Å². The zero-order valence-corrected chi connectivity index (χ0v) is 12.6. The first-order chi connectivity index (χ1) is 9.72. The number of aromatic nitrogens is 1. The fraction of sp³-hybridized carbons (Fsp3) is 0.471. The fourth-order valence-corrected chi connectivity index (χ4v) is 2.45. The van der Waals surface area contributed by atoms with Gasteiger partial charge in [0.1, 0.15) is 12.0 Å². The van der Waals surface area contributed by atoms with Crippen LogP contribution in [0.4, 0.5) is 5.69 Å². The molecule has 1 aromatic carbocycles. The lowest BCUT2D eigenvalue weighted by molar-refractivity contribution is 0.521. The van der Waals surface area contributed by atoms with Crippen LogP contribution >= 0.6 is 0 Å². The SMILES string of the molecule is CCCC(CCC)Nc1ccc(-c2coc(C)n2)cc1. The highest BCUT2D eigenvalue weighted by Crippen LogP contribution is 2.22. The van der Waals surface area contributed by atoms with Gasteiger partial charge in [0.15, 0.2) is 5.89 Å². The average Bonchev–Trinajstić information content (AvgIpc) is 2.87. The quantitative estimate of drug-likeness (QED) is 0.768. The number of nitrogens with one attached hydrogen (secondary N) is 1. The molecule has 0 bridgehead atoms. The summed E-state index contributed by atoms with van der Waals surface area (Å²) in [4.78, 5) is 4.34. The van der Waals surface area contributed by atoms with Gasteiger partial charge in [-0.3, -0.25) is 0 Å². The molecule has 20 heavy (non-hydrogen) atoms. The van der Waals surface area contributed by atoms with Gasteiger partial charge in [-0.1, -0.05) is 38.8 Å². The molecule has 1 N–H and O–H groups in total. The van der Waals surface area contributed by atoms with Crippen molar-refractivity contribution in [3.05, 3.63) is 36.4 Å². The Morgan fingerprint density at radius 3 is 2.25 bits per heavy atom. The third kappa shape index (κ3) is 3.86. The Balaban J connectivity index is 2.03. The summed E-state index contributed by atoms with van der Waals surface area (Å²) in [6.07, 6.45) is 6.58. The van der Waals surface area contributed by atoms with Crippen molar-refractivity contribution >= 4 is 5.69 Å². The van der Waals surface area contributed by atoms with Crippen LogP contribution in [-0.2, 0) is 0 Å². The summed E-state index contributed by atoms with van der Waals surface area (Å²) in [6.45, 7) is 6.33. The molecule has 108 valence electrons. The molecule has 0 fully saturated rings. The Morgan fingerprint density at radius 1 is 1.10 bits per heavy atom. The van der Waals surface area contributed by atoms with Gasteiger partial charge in [-0.25, -0.2) is 4.98 Å². The molecule has 3 nitrogen and oxygen atoms in total. The smallest absolute Gasteiger partial charge is 0.191 e. The number of hydrogen-bond donors (Lipinski definition) is 1. The standard InChI is InChI=1S/C17H24N2O/c1-4-6-15(7-5-2)19-16-10-8-14(9-11-16)17-12-20-13(3)18-17/h8-12,15,19H,4-7H2,1-3H3. The van der Waals surface area contributed by atoms with Crippen LogP contribution in [0.1, 0.15) is 45.4 Å². The number of aryl methyl sites for hydroxylation is 1. The summed E-state index contributed by atoms with van der Waals surface area (Å²) in [7, 11) is 0. The molecule has 0 unspecified atom stereocenters. The van der Waals surface area contributed by atoms with Gasteiger partial charge >= 0.3 is 0 Å². The molecule has 0 aliphatic heterocycles. The second-order valence-electron chi connectivity index (χ2n) is 5.25. The van der Waals surface area contributed by atoms with E-state index in [1.165, 1.54) is 31.4 Å². The third-order valence-electron chi connectivity index (χ3n) is 3.44. The second-order valence-corrected chi connectivity index (χ2v) is 5.25. The molecule has 2 rings (SSSR count). The zero-order chi connectivity index (χ0) is 14.4. The zero-order valence-electron chi connectivity index (χ0n) is 12.6. The summed E-state index contributed by atoms with van der Waals surface area (Å²) in [6, 6.07) is 9.00. The van der Waals surface area contributed by atoms with Crippen LogP contribution in [0.25, 0.3) is 11.3 Å². The molecule has 0 aliphatic rings. The van der Waals surface area contributed by atoms with Gasteiger partial charge in [0.2, 0.25) is 0 Å². The van der Waals surface area contributed by atoms with Crippen molar-refractivity contribution in [2.45, 2.75) is 52.5 Å². The Bertz CT molecular complexity index is 510. The number of anilines is 1. The van der Waals surface area contributed by atoms with Crippen LogP contribution < -0.4 is 5.32 Å². The van der Waals surface area contributed by atoms with E-state index >= 15 is 0 Å². The van der Waals surface area contributed by atoms with Gasteiger partial charge in [-0.05, 0) is 25.0 Å². The molecule has 2 aromatic rings. The monoisotopic (exact) mass is 272 g/mol. The first-order valence-corrected chi connectivity index (χ1v) is 7.52. The molecule has 0 amide bonds. The highest BCUT2D eigenvalue weighted by molar-refractivity contribution is 5.61. The van der Waals surface area contributed by atoms with E-state index in [-0.39, 0.29) is 0 Å². The lowest BCUT2D eigenvalue weighted by Gasteiger charge is -2.18. The first kappa shape index (κ1) is 14.6. The molecule has 3 heteroatoms. The number of hydrogen-bond acceptors (Lipinski definition) is 3. The molecule has 0 radical (unpaired) electrons. The second kappa shape index (κ2) is 7.13. The molecule has 1 aromatic heterocycles. The van der Waals surface area contributed by atoms with Crippen LogP contribution in [0, 0.1) is 6.92 Å². The van der Waals surface area contributed by atoms with Gasteiger partial charge in [-0.2, -0.15) is 0 Å². The van der Waals surface area contributed by atoms with Crippen LogP contribution in [0.3, 0.4) is 0 Å². The number of nitrogens with zero attached hydrogens (tertiary/aromatic N) is 1. The summed E-state index contributed by atoms with van der Waals surface area (Å²) < 4.78 is 5.25. The van der Waals surface area contributed by atoms with E-state index in [9.17, 15) is 0 Å². The topological polar surface area (TPSA) is 38.1 Å². The van der Waals surface area contributed by atoms with Crippen molar-refractivity contribution in [1.82, 2.24) is 4.98 Å². The van der Waals surface area contributed by atoms with Crippen molar-refractivity contribution < 1.29 is 4.42 Å². The van der Waals surface area contributed by atoms with E-state index < -0.39 is 0 Å². The molecular formula is C17H24N2O. The van der Waals surface area contributed by atoms with Crippen molar-refractivity contribution in [2.75, 3.05) is 5.32 Å². The predicted octanol–water partition coefficient (Wildman–Crippen LogP) is 5.03. The van der Waals surface area contributed by atoms with Crippen LogP contribution in [0.2, 0.25) is 0 Å². The minimum absolute atomic E-state index is 0.574. The van der Waals surface area contributed by atoms with Gasteiger partial charge in [0.25, 0.3) is 0 Å². The first-order valence-electron chi connectivity index (χ1n) is 7.52. The van der Waals surface area contributed by atoms with Gasteiger partial charge in [0.05, 0.1) is 0 Å². The lowest BCUT2D eigenvalue weighted by atomic mass is 10.1. The van der Waals surface area contributed by atoms with Crippen molar-refractivity contribution in [2.24, 2.45) is 0 Å². The van der Waals surface area contributed by atoms with Crippen LogP contribution in [0.15, 0.2) is 34.9 Å². The fourth-order valence-electron chi connectivity index (χ4n) is 2.45. The summed E-state index contributed by atoms with van der Waals surface area (Å²) in [5, 5.41) is 3.62. The molecular weight excluding hydrogens is 248 g/mol. The van der Waals surface area contributed by atoms with Crippen LogP contribution in [0.5, 0.6) is 0 Å². The number of oxazole rings is 1. The Kier molecular flexibility index (Phi) is 5.22. The maximum atomic E-state index is 5.25. The Hall–Kier alpha value is -1.77. The van der Waals surface area contributed by atoms with Gasteiger partial charge < -0.3 is 9.73 Å². The Morgan fingerprint density at radius 2 is 1.75 bits per heavy atom. The number of rotatable bonds is 7. The van der Waals surface area contributed by atoms with E-state index in [4.69, 9.17) is 4.42 Å². The number of benzene rings is 1. The van der Waals surface area contributed by atoms with E-state index in [2.05, 4.69) is 48.4 Å².